The summed E-state index contributed by atoms with van der Waals surface area (Å²) in [7, 11) is 1.64. The van der Waals surface area contributed by atoms with Gasteiger partial charge < -0.3 is 15.4 Å². The number of nitrogens with one attached hydrogen (secondary N) is 2. The highest BCUT2D eigenvalue weighted by Crippen LogP contribution is 2.15. The number of anilines is 2. The van der Waals surface area contributed by atoms with Gasteiger partial charge in [-0.1, -0.05) is 0 Å². The Morgan fingerprint density at radius 1 is 1.26 bits per heavy atom. The summed E-state index contributed by atoms with van der Waals surface area (Å²) in [5.41, 5.74) is 0.897. The number of aromatic nitrogens is 2. The number of nitrogens with zero attached hydrogens (tertiary/aromatic N) is 2. The Morgan fingerprint density at radius 3 is 2.58 bits per heavy atom. The highest BCUT2D eigenvalue weighted by atomic mass is 32.1. The molecule has 0 aliphatic heterocycles. The number of thiocarbonyl (C=S) groups is 1. The molecule has 0 unspecified atom stereocenters. The minimum Gasteiger partial charge on any atom is -0.497 e. The molecule has 2 aromatic rings. The Labute approximate surface area is 117 Å². The zero-order valence-corrected chi connectivity index (χ0v) is 11.7. The molecule has 1 aromatic carbocycles. The van der Waals surface area contributed by atoms with Crippen LogP contribution in [0.1, 0.15) is 6.92 Å². The van der Waals surface area contributed by atoms with Crippen molar-refractivity contribution >= 4 is 28.8 Å². The van der Waals surface area contributed by atoms with Crippen LogP contribution in [-0.2, 0) is 6.54 Å². The quantitative estimate of drug-likeness (QED) is 0.841. The van der Waals surface area contributed by atoms with Crippen LogP contribution in [0.25, 0.3) is 0 Å². The number of hydrogen-bond acceptors (Lipinski definition) is 3. The van der Waals surface area contributed by atoms with E-state index in [4.69, 9.17) is 17.0 Å². The lowest BCUT2D eigenvalue weighted by Crippen LogP contribution is -2.19. The van der Waals surface area contributed by atoms with Gasteiger partial charge in [-0.3, -0.25) is 4.68 Å². The lowest BCUT2D eigenvalue weighted by Gasteiger charge is -2.09. The smallest absolute Gasteiger partial charge is 0.176 e. The van der Waals surface area contributed by atoms with Crippen LogP contribution in [0, 0.1) is 0 Å². The molecule has 6 heteroatoms. The van der Waals surface area contributed by atoms with E-state index in [0.29, 0.717) is 5.11 Å². The summed E-state index contributed by atoms with van der Waals surface area (Å²) in [4.78, 5) is 0. The molecule has 1 aromatic heterocycles. The average molecular weight is 276 g/mol. The van der Waals surface area contributed by atoms with E-state index >= 15 is 0 Å². The van der Waals surface area contributed by atoms with Gasteiger partial charge >= 0.3 is 0 Å². The Morgan fingerprint density at radius 2 is 2.00 bits per heavy atom. The van der Waals surface area contributed by atoms with Crippen LogP contribution in [0.5, 0.6) is 5.75 Å². The lowest BCUT2D eigenvalue weighted by molar-refractivity contribution is 0.415. The molecule has 0 radical (unpaired) electrons. The molecule has 5 nitrogen and oxygen atoms in total. The maximum absolute atomic E-state index is 5.22. The van der Waals surface area contributed by atoms with Gasteiger partial charge in [0.15, 0.2) is 10.9 Å². The molecule has 0 aliphatic carbocycles. The van der Waals surface area contributed by atoms with Crippen LogP contribution in [0.2, 0.25) is 0 Å². The number of benzene rings is 1. The molecule has 0 aliphatic rings. The molecule has 1 heterocycles. The summed E-state index contributed by atoms with van der Waals surface area (Å²) >= 11 is 5.22. The number of aryl methyl sites for hydroxylation is 1. The van der Waals surface area contributed by atoms with E-state index < -0.39 is 0 Å². The Balaban J connectivity index is 1.93. The first kappa shape index (κ1) is 13.4. The van der Waals surface area contributed by atoms with Crippen molar-refractivity contribution in [2.24, 2.45) is 0 Å². The molecule has 0 saturated heterocycles. The van der Waals surface area contributed by atoms with Crippen LogP contribution < -0.4 is 15.4 Å². The van der Waals surface area contributed by atoms with Crippen LogP contribution in [0.3, 0.4) is 0 Å². The standard InChI is InChI=1S/C13H16N4OS/c1-3-17-9-8-12(16-17)15-13(19)14-10-4-6-11(18-2)7-5-10/h4-9H,3H2,1-2H3,(H2,14,15,16,19). The van der Waals surface area contributed by atoms with E-state index in [-0.39, 0.29) is 0 Å². The summed E-state index contributed by atoms with van der Waals surface area (Å²) < 4.78 is 6.93. The van der Waals surface area contributed by atoms with Gasteiger partial charge in [-0.25, -0.2) is 0 Å². The van der Waals surface area contributed by atoms with E-state index in [1.54, 1.807) is 7.11 Å². The zero-order valence-electron chi connectivity index (χ0n) is 10.9. The maximum Gasteiger partial charge on any atom is 0.176 e. The van der Waals surface area contributed by atoms with Gasteiger partial charge in [-0.05, 0) is 43.4 Å². The summed E-state index contributed by atoms with van der Waals surface area (Å²) in [6.07, 6.45) is 1.90. The number of methoxy groups -OCH3 is 1. The summed E-state index contributed by atoms with van der Waals surface area (Å²) in [5, 5.41) is 10.9. The van der Waals surface area contributed by atoms with E-state index in [1.165, 1.54) is 0 Å². The predicted molar refractivity (Wildman–Crippen MR) is 80.7 cm³/mol. The van der Waals surface area contributed by atoms with Crippen molar-refractivity contribution in [2.45, 2.75) is 13.5 Å². The minimum absolute atomic E-state index is 0.506. The lowest BCUT2D eigenvalue weighted by atomic mass is 10.3. The molecule has 0 spiro atoms. The molecule has 0 atom stereocenters. The molecule has 0 amide bonds. The molecule has 19 heavy (non-hydrogen) atoms. The first-order valence-corrected chi connectivity index (χ1v) is 6.37. The molecular formula is C13H16N4OS. The van der Waals surface area contributed by atoms with Gasteiger partial charge in [0, 0.05) is 24.5 Å². The van der Waals surface area contributed by atoms with Gasteiger partial charge in [0.05, 0.1) is 7.11 Å². The van der Waals surface area contributed by atoms with Gasteiger partial charge in [-0.2, -0.15) is 5.10 Å². The second-order valence-corrected chi connectivity index (χ2v) is 4.27. The van der Waals surface area contributed by atoms with E-state index in [2.05, 4.69) is 15.7 Å². The third-order valence-electron chi connectivity index (χ3n) is 2.55. The largest absolute Gasteiger partial charge is 0.497 e. The maximum atomic E-state index is 5.22. The Hall–Kier alpha value is -2.08. The van der Waals surface area contributed by atoms with Gasteiger partial charge in [0.2, 0.25) is 0 Å². The second-order valence-electron chi connectivity index (χ2n) is 3.86. The molecule has 2 rings (SSSR count). The number of ether oxygens (including phenoxy) is 1. The van der Waals surface area contributed by atoms with Gasteiger partial charge in [0.25, 0.3) is 0 Å². The van der Waals surface area contributed by atoms with Crippen molar-refractivity contribution < 1.29 is 4.74 Å². The second kappa shape index (κ2) is 6.19. The van der Waals surface area contributed by atoms with Crippen molar-refractivity contribution in [1.82, 2.24) is 9.78 Å². The summed E-state index contributed by atoms with van der Waals surface area (Å²) in [6.45, 7) is 2.87. The zero-order chi connectivity index (χ0) is 13.7. The van der Waals surface area contributed by atoms with E-state index in [1.807, 2.05) is 48.1 Å². The Kier molecular flexibility index (Phi) is 4.35. The van der Waals surface area contributed by atoms with Crippen molar-refractivity contribution in [3.05, 3.63) is 36.5 Å². The van der Waals surface area contributed by atoms with Crippen LogP contribution >= 0.6 is 12.2 Å². The van der Waals surface area contributed by atoms with E-state index in [9.17, 15) is 0 Å². The average Bonchev–Trinajstić information content (AvgIpc) is 2.87. The minimum atomic E-state index is 0.506. The highest BCUT2D eigenvalue weighted by molar-refractivity contribution is 7.80. The first-order valence-electron chi connectivity index (χ1n) is 5.97. The molecule has 100 valence electrons. The van der Waals surface area contributed by atoms with Gasteiger partial charge in [-0.15, -0.1) is 0 Å². The van der Waals surface area contributed by atoms with E-state index in [0.717, 1.165) is 23.8 Å². The summed E-state index contributed by atoms with van der Waals surface area (Å²) in [6, 6.07) is 9.42. The van der Waals surface area contributed by atoms with Crippen LogP contribution in [0.15, 0.2) is 36.5 Å². The van der Waals surface area contributed by atoms with Crippen molar-refractivity contribution in [3.8, 4) is 5.75 Å². The summed E-state index contributed by atoms with van der Waals surface area (Å²) in [5.74, 6) is 1.54. The Bertz CT molecular complexity index is 550. The molecule has 0 fully saturated rings. The fourth-order valence-corrected chi connectivity index (χ4v) is 1.78. The van der Waals surface area contributed by atoms with Crippen molar-refractivity contribution in [2.75, 3.05) is 17.7 Å². The molecule has 0 saturated carbocycles. The third-order valence-corrected chi connectivity index (χ3v) is 2.76. The first-order chi connectivity index (χ1) is 9.21. The normalized spacial score (nSPS) is 10.0. The number of rotatable bonds is 4. The van der Waals surface area contributed by atoms with Crippen molar-refractivity contribution in [3.63, 3.8) is 0 Å². The SMILES string of the molecule is CCn1ccc(NC(=S)Nc2ccc(OC)cc2)n1. The van der Waals surface area contributed by atoms with Crippen LogP contribution in [0.4, 0.5) is 11.5 Å². The van der Waals surface area contributed by atoms with Gasteiger partial charge in [0.1, 0.15) is 5.75 Å². The molecular weight excluding hydrogens is 260 g/mol. The molecule has 0 bridgehead atoms. The fourth-order valence-electron chi connectivity index (χ4n) is 1.56. The monoisotopic (exact) mass is 276 g/mol. The fraction of sp³-hybridized carbons (Fsp3) is 0.231. The van der Waals surface area contributed by atoms with Crippen molar-refractivity contribution in [1.29, 1.82) is 0 Å². The highest BCUT2D eigenvalue weighted by Gasteiger charge is 2.02. The molecule has 2 N–H and O–H groups in total. The van der Waals surface area contributed by atoms with Crippen LogP contribution in [-0.4, -0.2) is 22.0 Å². The third kappa shape index (κ3) is 3.69. The topological polar surface area (TPSA) is 51.1 Å². The predicted octanol–water partition coefficient (Wildman–Crippen LogP) is 2.72. The number of hydrogen-bond donors (Lipinski definition) is 2.